The number of aromatic nitrogens is 2. The van der Waals surface area contributed by atoms with Gasteiger partial charge in [0.2, 0.25) is 11.8 Å². The summed E-state index contributed by atoms with van der Waals surface area (Å²) in [7, 11) is 0. The van der Waals surface area contributed by atoms with Gasteiger partial charge in [0.05, 0.1) is 6.42 Å². The highest BCUT2D eigenvalue weighted by atomic mass is 16.4. The number of rotatable bonds is 13. The van der Waals surface area contributed by atoms with Gasteiger partial charge in [0, 0.05) is 23.6 Å². The molecular weight excluding hydrogens is 478 g/mol. The van der Waals surface area contributed by atoms with Crippen molar-refractivity contribution in [2.45, 2.75) is 51.6 Å². The number of aliphatic carboxylic acids is 1. The van der Waals surface area contributed by atoms with Gasteiger partial charge >= 0.3 is 5.97 Å². The quantitative estimate of drug-likeness (QED) is 0.103. The number of fused-ring (bicyclic) bond motifs is 1. The van der Waals surface area contributed by atoms with Crippen LogP contribution in [0.3, 0.4) is 0 Å². The van der Waals surface area contributed by atoms with Crippen LogP contribution in [0.4, 0.5) is 0 Å². The van der Waals surface area contributed by atoms with E-state index in [0.717, 1.165) is 29.2 Å². The van der Waals surface area contributed by atoms with Crippen LogP contribution in [-0.2, 0) is 16.0 Å². The number of para-hydroxylation sites is 1. The molecule has 3 atom stereocenters. The molecule has 0 aliphatic rings. The first-order valence-corrected chi connectivity index (χ1v) is 12.1. The number of oxazole rings is 1. The Hall–Kier alpha value is -4.35. The second kappa shape index (κ2) is 12.6. The number of hydrogen-bond donors (Lipinski definition) is 7. The van der Waals surface area contributed by atoms with Crippen molar-refractivity contribution in [2.24, 2.45) is 11.7 Å². The van der Waals surface area contributed by atoms with E-state index in [-0.39, 0.29) is 42.2 Å². The lowest BCUT2D eigenvalue weighted by Gasteiger charge is -2.21. The molecule has 0 saturated carbocycles. The van der Waals surface area contributed by atoms with Crippen molar-refractivity contribution in [3.63, 3.8) is 0 Å². The van der Waals surface area contributed by atoms with Gasteiger partial charge < -0.3 is 36.2 Å². The minimum absolute atomic E-state index is 0.0398. The molecule has 0 spiro atoms. The normalized spacial score (nSPS) is 13.5. The molecule has 1 unspecified atom stereocenters. The summed E-state index contributed by atoms with van der Waals surface area (Å²) in [6, 6.07) is 6.00. The Bertz CT molecular complexity index is 1250. The summed E-state index contributed by atoms with van der Waals surface area (Å²) in [5, 5.41) is 25.5. The van der Waals surface area contributed by atoms with E-state index in [0.29, 0.717) is 13.0 Å². The first-order valence-electron chi connectivity index (χ1n) is 12.1. The highest BCUT2D eigenvalue weighted by molar-refractivity contribution is 5.94. The molecule has 12 heteroatoms. The van der Waals surface area contributed by atoms with Crippen molar-refractivity contribution in [3.8, 4) is 0 Å². The number of carbonyl (C=O) groups is 3. The molecule has 0 radical (unpaired) electrons. The van der Waals surface area contributed by atoms with Gasteiger partial charge in [-0.2, -0.15) is 0 Å². The maximum atomic E-state index is 12.9. The Morgan fingerprint density at radius 2 is 2.00 bits per heavy atom. The topological polar surface area (TPSA) is 199 Å². The maximum absolute atomic E-state index is 12.9. The molecule has 8 N–H and O–H groups in total. The van der Waals surface area contributed by atoms with E-state index in [9.17, 15) is 19.5 Å². The Morgan fingerprint density at radius 1 is 1.24 bits per heavy atom. The van der Waals surface area contributed by atoms with Gasteiger partial charge in [-0.1, -0.05) is 38.5 Å². The fraction of sp³-hybridized carbons (Fsp3) is 0.400. The molecular formula is C25H33N7O5. The Morgan fingerprint density at radius 3 is 2.70 bits per heavy atom. The van der Waals surface area contributed by atoms with Crippen molar-refractivity contribution >= 4 is 34.6 Å². The number of carboxylic acids is 1. The Labute approximate surface area is 213 Å². The molecule has 0 aliphatic heterocycles. The predicted octanol–water partition coefficient (Wildman–Crippen LogP) is 2.05. The maximum Gasteiger partial charge on any atom is 0.326 e. The molecule has 3 aromatic rings. The number of hydrogen-bond acceptors (Lipinski definition) is 6. The number of nitrogens with zero attached hydrogens (tertiary/aromatic N) is 1. The standard InChI is InChI=1S/C25H33N7O5/c1-3-14(2)21(32-20(33)11-15-12-29-17-8-5-4-7-16(15)17)23-31-19(13-37-23)22(34)30-18(24(35)36)9-6-10-28-25(26)27/h4-5,7-8,12-14,18,21,29H,3,6,9-11H2,1-2H3,(H,30,34)(H,32,33)(H,35,36)(H4,26,27,28)/t14-,18-,21?/m0/s1. The third-order valence-corrected chi connectivity index (χ3v) is 6.16. The number of benzene rings is 1. The second-order valence-electron chi connectivity index (χ2n) is 8.88. The largest absolute Gasteiger partial charge is 0.480 e. The molecule has 3 rings (SSSR count). The van der Waals surface area contributed by atoms with Gasteiger partial charge in [-0.3, -0.25) is 15.0 Å². The summed E-state index contributed by atoms with van der Waals surface area (Å²) in [6.45, 7) is 4.21. The molecule has 0 bridgehead atoms. The summed E-state index contributed by atoms with van der Waals surface area (Å²) in [5.41, 5.74) is 6.94. The van der Waals surface area contributed by atoms with Crippen molar-refractivity contribution < 1.29 is 23.9 Å². The van der Waals surface area contributed by atoms with E-state index >= 15 is 0 Å². The number of aromatic amines is 1. The van der Waals surface area contributed by atoms with Gasteiger partial charge in [0.1, 0.15) is 18.3 Å². The number of nitrogens with one attached hydrogen (secondary N) is 5. The van der Waals surface area contributed by atoms with E-state index in [4.69, 9.17) is 15.6 Å². The third kappa shape index (κ3) is 7.32. The number of carboxylic acid groups (broad SMARTS) is 1. The van der Waals surface area contributed by atoms with Gasteiger partial charge in [-0.15, -0.1) is 0 Å². The van der Waals surface area contributed by atoms with Crippen molar-refractivity contribution in [1.29, 1.82) is 5.41 Å². The van der Waals surface area contributed by atoms with Crippen LogP contribution < -0.4 is 21.7 Å². The molecule has 1 aromatic carbocycles. The fourth-order valence-corrected chi connectivity index (χ4v) is 3.91. The molecule has 0 saturated heterocycles. The van der Waals surface area contributed by atoms with Crippen LogP contribution in [0, 0.1) is 11.3 Å². The predicted molar refractivity (Wildman–Crippen MR) is 137 cm³/mol. The van der Waals surface area contributed by atoms with E-state index in [1.54, 1.807) is 0 Å². The third-order valence-electron chi connectivity index (χ3n) is 6.16. The number of guanidine groups is 1. The van der Waals surface area contributed by atoms with Crippen LogP contribution in [0.25, 0.3) is 10.9 Å². The van der Waals surface area contributed by atoms with E-state index in [2.05, 4.69) is 25.9 Å². The zero-order chi connectivity index (χ0) is 26.9. The van der Waals surface area contributed by atoms with E-state index < -0.39 is 24.0 Å². The van der Waals surface area contributed by atoms with Crippen LogP contribution in [-0.4, -0.2) is 51.4 Å². The van der Waals surface area contributed by atoms with Gasteiger partial charge in [0.15, 0.2) is 11.7 Å². The lowest BCUT2D eigenvalue weighted by atomic mass is 9.98. The van der Waals surface area contributed by atoms with Gasteiger partial charge in [-0.25, -0.2) is 9.78 Å². The monoisotopic (exact) mass is 511 g/mol. The molecule has 12 nitrogen and oxygen atoms in total. The molecule has 0 fully saturated rings. The SMILES string of the molecule is CC[C@H](C)C(NC(=O)Cc1c[nH]c2ccccc12)c1nc(C(=O)N[C@@H](CCCNC(=N)N)C(=O)O)co1. The molecule has 2 heterocycles. The Balaban J connectivity index is 1.66. The lowest BCUT2D eigenvalue weighted by Crippen LogP contribution is -2.41. The smallest absolute Gasteiger partial charge is 0.326 e. The van der Waals surface area contributed by atoms with Crippen molar-refractivity contribution in [3.05, 3.63) is 53.9 Å². The lowest BCUT2D eigenvalue weighted by molar-refractivity contribution is -0.139. The number of H-pyrrole nitrogens is 1. The first-order chi connectivity index (χ1) is 17.7. The summed E-state index contributed by atoms with van der Waals surface area (Å²) in [6.07, 6.45) is 4.35. The summed E-state index contributed by atoms with van der Waals surface area (Å²) < 4.78 is 5.56. The van der Waals surface area contributed by atoms with E-state index in [1.165, 1.54) is 0 Å². The number of amides is 2. The van der Waals surface area contributed by atoms with Crippen LogP contribution in [0.1, 0.15) is 61.1 Å². The fourth-order valence-electron chi connectivity index (χ4n) is 3.91. The first kappa shape index (κ1) is 27.2. The summed E-state index contributed by atoms with van der Waals surface area (Å²) >= 11 is 0. The zero-order valence-electron chi connectivity index (χ0n) is 20.8. The number of carbonyl (C=O) groups excluding carboxylic acids is 2. The van der Waals surface area contributed by atoms with Crippen molar-refractivity contribution in [1.82, 2.24) is 25.9 Å². The zero-order valence-corrected chi connectivity index (χ0v) is 20.8. The highest BCUT2D eigenvalue weighted by Crippen LogP contribution is 2.25. The second-order valence-corrected chi connectivity index (χ2v) is 8.88. The van der Waals surface area contributed by atoms with Crippen LogP contribution in [0.2, 0.25) is 0 Å². The van der Waals surface area contributed by atoms with Crippen molar-refractivity contribution in [2.75, 3.05) is 6.54 Å². The highest BCUT2D eigenvalue weighted by Gasteiger charge is 2.28. The summed E-state index contributed by atoms with van der Waals surface area (Å²) in [5.74, 6) is -2.19. The molecule has 2 amide bonds. The minimum atomic E-state index is -1.19. The van der Waals surface area contributed by atoms with Crippen LogP contribution >= 0.6 is 0 Å². The van der Waals surface area contributed by atoms with Gasteiger partial charge in [-0.05, 0) is 30.4 Å². The van der Waals surface area contributed by atoms with Gasteiger partial charge in [0.25, 0.3) is 5.91 Å². The van der Waals surface area contributed by atoms with E-state index in [1.807, 2.05) is 44.3 Å². The van der Waals surface area contributed by atoms with Crippen LogP contribution in [0.5, 0.6) is 0 Å². The Kier molecular flexibility index (Phi) is 9.25. The molecule has 37 heavy (non-hydrogen) atoms. The molecule has 2 aromatic heterocycles. The van der Waals surface area contributed by atoms with Crippen LogP contribution in [0.15, 0.2) is 41.1 Å². The molecule has 198 valence electrons. The number of nitrogens with two attached hydrogens (primary N) is 1. The molecule has 0 aliphatic carbocycles. The summed E-state index contributed by atoms with van der Waals surface area (Å²) in [4.78, 5) is 44.6. The average Bonchev–Trinajstić information content (AvgIpc) is 3.51. The minimum Gasteiger partial charge on any atom is -0.480 e. The average molecular weight is 512 g/mol.